The first-order chi connectivity index (χ1) is 16.6. The van der Waals surface area contributed by atoms with E-state index in [1.165, 1.54) is 35.2 Å². The normalized spacial score (nSPS) is 25.4. The van der Waals surface area contributed by atoms with Gasteiger partial charge in [0.25, 0.3) is 5.82 Å². The van der Waals surface area contributed by atoms with Crippen LogP contribution in [0.2, 0.25) is 0 Å². The lowest BCUT2D eigenvalue weighted by atomic mass is 9.60. The van der Waals surface area contributed by atoms with Crippen LogP contribution < -0.4 is 0 Å². The van der Waals surface area contributed by atoms with E-state index in [0.29, 0.717) is 19.0 Å². The minimum Gasteiger partial charge on any atom is -0.323 e. The summed E-state index contributed by atoms with van der Waals surface area (Å²) in [6.45, 7) is 5.94. The Hall–Kier alpha value is -2.63. The largest absolute Gasteiger partial charge is 0.453 e. The predicted octanol–water partition coefficient (Wildman–Crippen LogP) is 2.48. The van der Waals surface area contributed by atoms with Crippen molar-refractivity contribution >= 4 is 6.03 Å². The number of likely N-dealkylation sites (tertiary alicyclic amines) is 3. The molecular weight excluding hydrogens is 461 g/mol. The Labute approximate surface area is 200 Å². The molecule has 5 aliphatic rings. The van der Waals surface area contributed by atoms with Crippen molar-refractivity contribution in [3.8, 4) is 0 Å². The lowest BCUT2D eigenvalue weighted by molar-refractivity contribution is -0.145. The Bertz CT molecular complexity index is 1160. The maximum absolute atomic E-state index is 12.9. The van der Waals surface area contributed by atoms with Crippen molar-refractivity contribution in [1.29, 1.82) is 0 Å². The van der Waals surface area contributed by atoms with Crippen LogP contribution in [0.1, 0.15) is 54.9 Å². The Morgan fingerprint density at radius 3 is 2.29 bits per heavy atom. The van der Waals surface area contributed by atoms with Gasteiger partial charge in [-0.05, 0) is 31.7 Å². The number of hydrogen-bond donors (Lipinski definition) is 0. The number of halogens is 3. The molecule has 2 spiro atoms. The van der Waals surface area contributed by atoms with Gasteiger partial charge < -0.3 is 9.80 Å². The molecule has 0 aromatic carbocycles. The lowest BCUT2D eigenvalue weighted by Gasteiger charge is -2.63. The maximum atomic E-state index is 12.9. The molecule has 0 atom stereocenters. The second-order valence-electron chi connectivity index (χ2n) is 11.7. The monoisotopic (exact) mass is 490 g/mol. The molecule has 188 valence electrons. The number of aryl methyl sites for hydroxylation is 1. The van der Waals surface area contributed by atoms with E-state index >= 15 is 0 Å². The average molecular weight is 491 g/mol. The SMILES string of the molecule is Cn1nc(C2CC2)cc1CN1CC2(C1)CN(C(=O)N1CC3(CC(n4cnc(C(F)(F)F)n4)C3)C1)C2. The summed E-state index contributed by atoms with van der Waals surface area (Å²) in [4.78, 5) is 22.6. The van der Waals surface area contributed by atoms with Crippen LogP contribution >= 0.6 is 0 Å². The highest BCUT2D eigenvalue weighted by Gasteiger charge is 2.58. The van der Waals surface area contributed by atoms with Crippen LogP contribution in [0.15, 0.2) is 12.4 Å². The van der Waals surface area contributed by atoms with Gasteiger partial charge in [-0.2, -0.15) is 18.3 Å². The molecule has 7 rings (SSSR count). The zero-order valence-corrected chi connectivity index (χ0v) is 19.7. The predicted molar refractivity (Wildman–Crippen MR) is 117 cm³/mol. The smallest absolute Gasteiger partial charge is 0.323 e. The van der Waals surface area contributed by atoms with Crippen LogP contribution in [0, 0.1) is 10.8 Å². The Balaban J connectivity index is 0.852. The summed E-state index contributed by atoms with van der Waals surface area (Å²) in [5, 5.41) is 8.26. The molecule has 35 heavy (non-hydrogen) atoms. The molecule has 2 amide bonds. The third kappa shape index (κ3) is 3.54. The van der Waals surface area contributed by atoms with Crippen LogP contribution in [-0.2, 0) is 19.8 Å². The molecule has 0 N–H and O–H groups in total. The van der Waals surface area contributed by atoms with Gasteiger partial charge in [0.05, 0.1) is 17.4 Å². The topological polar surface area (TPSA) is 75.3 Å². The second kappa shape index (κ2) is 6.98. The van der Waals surface area contributed by atoms with Gasteiger partial charge in [-0.1, -0.05) is 0 Å². The van der Waals surface area contributed by atoms with Crippen molar-refractivity contribution in [1.82, 2.24) is 39.2 Å². The molecule has 3 saturated heterocycles. The van der Waals surface area contributed by atoms with E-state index < -0.39 is 12.0 Å². The lowest BCUT2D eigenvalue weighted by Crippen LogP contribution is -2.75. The Kier molecular flexibility index (Phi) is 4.32. The highest BCUT2D eigenvalue weighted by molar-refractivity contribution is 5.77. The van der Waals surface area contributed by atoms with E-state index in [2.05, 4.69) is 26.1 Å². The van der Waals surface area contributed by atoms with Crippen molar-refractivity contribution in [2.24, 2.45) is 17.9 Å². The number of urea groups is 1. The second-order valence-corrected chi connectivity index (χ2v) is 11.7. The van der Waals surface area contributed by atoms with E-state index in [1.807, 2.05) is 21.5 Å². The summed E-state index contributed by atoms with van der Waals surface area (Å²) in [5.41, 5.74) is 2.76. The first kappa shape index (κ1) is 21.6. The van der Waals surface area contributed by atoms with Gasteiger partial charge >= 0.3 is 12.2 Å². The van der Waals surface area contributed by atoms with Crippen LogP contribution in [0.4, 0.5) is 18.0 Å². The van der Waals surface area contributed by atoms with Gasteiger partial charge in [0.2, 0.25) is 0 Å². The number of hydrogen-bond acceptors (Lipinski definition) is 5. The Morgan fingerprint density at radius 2 is 1.69 bits per heavy atom. The minimum absolute atomic E-state index is 0.0307. The quantitative estimate of drug-likeness (QED) is 0.659. The average Bonchev–Trinajstić information content (AvgIpc) is 3.28. The van der Waals surface area contributed by atoms with Crippen LogP contribution in [0.25, 0.3) is 0 Å². The number of alkyl halides is 3. The van der Waals surface area contributed by atoms with Gasteiger partial charge in [-0.25, -0.2) is 14.5 Å². The zero-order valence-electron chi connectivity index (χ0n) is 19.7. The standard InChI is InChI=1S/C23H29F3N8O/c1-30-16(4-18(28-30)15-2-3-15)7-31-8-22(9-31)12-33(13-22)20(35)32-10-21(11-32)5-17(6-21)34-14-27-19(29-34)23(24,25)26/h4,14-15,17H,2-3,5-13H2,1H3. The van der Waals surface area contributed by atoms with Gasteiger partial charge in [-0.3, -0.25) is 9.58 Å². The van der Waals surface area contributed by atoms with Gasteiger partial charge in [0.1, 0.15) is 6.33 Å². The first-order valence-electron chi connectivity index (χ1n) is 12.4. The highest BCUT2D eigenvalue weighted by Crippen LogP contribution is 2.54. The number of carbonyl (C=O) groups excluding carboxylic acids is 1. The van der Waals surface area contributed by atoms with E-state index in [4.69, 9.17) is 0 Å². The third-order valence-electron chi connectivity index (χ3n) is 8.61. The van der Waals surface area contributed by atoms with Crippen LogP contribution in [-0.4, -0.2) is 84.5 Å². The molecule has 9 nitrogen and oxygen atoms in total. The van der Waals surface area contributed by atoms with Gasteiger partial charge in [-0.15, -0.1) is 5.10 Å². The molecule has 0 radical (unpaired) electrons. The van der Waals surface area contributed by atoms with Gasteiger partial charge in [0.15, 0.2) is 0 Å². The van der Waals surface area contributed by atoms with E-state index in [9.17, 15) is 18.0 Å². The molecule has 2 saturated carbocycles. The number of carbonyl (C=O) groups is 1. The molecule has 2 aliphatic carbocycles. The molecule has 2 aromatic rings. The van der Waals surface area contributed by atoms with Crippen LogP contribution in [0.5, 0.6) is 0 Å². The summed E-state index contributed by atoms with van der Waals surface area (Å²) in [6.07, 6.45) is 0.660. The minimum atomic E-state index is -4.52. The molecule has 12 heteroatoms. The zero-order chi connectivity index (χ0) is 24.2. The van der Waals surface area contributed by atoms with Crippen molar-refractivity contribution in [3.63, 3.8) is 0 Å². The summed E-state index contributed by atoms with van der Waals surface area (Å²) in [7, 11) is 2.02. The van der Waals surface area contributed by atoms with Crippen LogP contribution in [0.3, 0.4) is 0 Å². The van der Waals surface area contributed by atoms with Crippen molar-refractivity contribution in [2.45, 2.75) is 50.4 Å². The molecule has 5 fully saturated rings. The van der Waals surface area contributed by atoms with Crippen molar-refractivity contribution in [3.05, 3.63) is 29.6 Å². The third-order valence-corrected chi connectivity index (χ3v) is 8.61. The van der Waals surface area contributed by atoms with E-state index in [1.54, 1.807) is 0 Å². The molecular formula is C23H29F3N8O. The Morgan fingerprint density at radius 1 is 1.03 bits per heavy atom. The first-order valence-corrected chi connectivity index (χ1v) is 12.4. The number of amides is 2. The highest BCUT2D eigenvalue weighted by atomic mass is 19.4. The fourth-order valence-corrected chi connectivity index (χ4v) is 6.66. The fourth-order valence-electron chi connectivity index (χ4n) is 6.66. The van der Waals surface area contributed by atoms with E-state index in [0.717, 1.165) is 45.6 Å². The summed E-state index contributed by atoms with van der Waals surface area (Å²) in [5.74, 6) is -0.423. The fraction of sp³-hybridized carbons (Fsp3) is 0.739. The van der Waals surface area contributed by atoms with Crippen molar-refractivity contribution < 1.29 is 18.0 Å². The molecule has 0 unspecified atom stereocenters. The summed E-state index contributed by atoms with van der Waals surface area (Å²) < 4.78 is 41.5. The number of aromatic nitrogens is 5. The molecule has 3 aliphatic heterocycles. The molecule has 0 bridgehead atoms. The molecule has 5 heterocycles. The maximum Gasteiger partial charge on any atom is 0.453 e. The summed E-state index contributed by atoms with van der Waals surface area (Å²) in [6, 6.07) is 2.29. The number of nitrogens with zero attached hydrogens (tertiary/aromatic N) is 8. The van der Waals surface area contributed by atoms with Crippen molar-refractivity contribution in [2.75, 3.05) is 39.3 Å². The number of rotatable bonds is 4. The molecule has 2 aromatic heterocycles. The van der Waals surface area contributed by atoms with Gasteiger partial charge in [0, 0.05) is 69.6 Å². The summed E-state index contributed by atoms with van der Waals surface area (Å²) >= 11 is 0. The van der Waals surface area contributed by atoms with E-state index in [-0.39, 0.29) is 22.9 Å².